The number of benzene rings is 4. The van der Waals surface area contributed by atoms with Gasteiger partial charge in [0, 0.05) is 34.4 Å². The predicted molar refractivity (Wildman–Crippen MR) is 157 cm³/mol. The lowest BCUT2D eigenvalue weighted by Gasteiger charge is -2.23. The number of nitrogens with one attached hydrogen (secondary N) is 2. The monoisotopic (exact) mass is 516 g/mol. The molecule has 1 aliphatic rings. The molecular formula is C33H32N4O2. The van der Waals surface area contributed by atoms with E-state index < -0.39 is 0 Å². The lowest BCUT2D eigenvalue weighted by Crippen LogP contribution is -2.37. The predicted octanol–water partition coefficient (Wildman–Crippen LogP) is 6.98. The van der Waals surface area contributed by atoms with Crippen LogP contribution in [0.5, 0.6) is 11.5 Å². The van der Waals surface area contributed by atoms with E-state index in [1.54, 1.807) is 0 Å². The number of aromatic nitrogens is 1. The van der Waals surface area contributed by atoms with Gasteiger partial charge in [0.1, 0.15) is 23.0 Å². The van der Waals surface area contributed by atoms with Gasteiger partial charge in [-0.05, 0) is 54.1 Å². The number of nitrogens with zero attached hydrogens (tertiary/aromatic N) is 1. The first-order chi connectivity index (χ1) is 19.1. The molecule has 39 heavy (non-hydrogen) atoms. The summed E-state index contributed by atoms with van der Waals surface area (Å²) in [5.74, 6) is 1.51. The van der Waals surface area contributed by atoms with E-state index in [-0.39, 0.29) is 17.8 Å². The molecule has 6 nitrogen and oxygen atoms in total. The van der Waals surface area contributed by atoms with Crippen LogP contribution in [0.1, 0.15) is 53.7 Å². The van der Waals surface area contributed by atoms with Crippen LogP contribution >= 0.6 is 0 Å². The second-order valence-electron chi connectivity index (χ2n) is 10.3. The van der Waals surface area contributed by atoms with E-state index in [1.165, 1.54) is 6.42 Å². The van der Waals surface area contributed by atoms with Gasteiger partial charge in [-0.3, -0.25) is 10.2 Å². The average Bonchev–Trinajstić information content (AvgIpc) is 3.32. The Kier molecular flexibility index (Phi) is 6.76. The Morgan fingerprint density at radius 2 is 1.67 bits per heavy atom. The van der Waals surface area contributed by atoms with Gasteiger partial charge >= 0.3 is 0 Å². The number of hydrogen-bond acceptors (Lipinski definition) is 3. The second-order valence-corrected chi connectivity index (χ2v) is 10.3. The zero-order chi connectivity index (χ0) is 26.8. The smallest absolute Gasteiger partial charge is 0.268 e. The fraction of sp³-hybridized carbons (Fsp3) is 0.212. The summed E-state index contributed by atoms with van der Waals surface area (Å²) in [7, 11) is 0. The van der Waals surface area contributed by atoms with Crippen molar-refractivity contribution in [3.63, 3.8) is 0 Å². The van der Waals surface area contributed by atoms with Gasteiger partial charge in [0.25, 0.3) is 5.91 Å². The van der Waals surface area contributed by atoms with E-state index in [1.807, 2.05) is 72.8 Å². The van der Waals surface area contributed by atoms with E-state index in [4.69, 9.17) is 15.9 Å². The summed E-state index contributed by atoms with van der Waals surface area (Å²) in [4.78, 5) is 13.6. The highest BCUT2D eigenvalue weighted by Gasteiger charge is 2.22. The van der Waals surface area contributed by atoms with Gasteiger partial charge in [0.2, 0.25) is 0 Å². The topological polar surface area (TPSA) is 93.1 Å². The first-order valence-electron chi connectivity index (χ1n) is 13.6. The van der Waals surface area contributed by atoms with Crippen LogP contribution in [0.2, 0.25) is 0 Å². The number of nitrogen functional groups attached to an aromatic ring is 1. The maximum atomic E-state index is 13.6. The van der Waals surface area contributed by atoms with Crippen LogP contribution in [0, 0.1) is 5.41 Å². The molecule has 1 saturated carbocycles. The third-order valence-electron chi connectivity index (χ3n) is 7.66. The SMILES string of the molecule is N=C(N)c1ccc2cc(C(=O)NC3CCCCC3)n(Cc3cccc4c(Oc5ccccc5)cccc34)c2c1. The van der Waals surface area contributed by atoms with Crippen LogP contribution in [-0.4, -0.2) is 22.4 Å². The molecule has 1 heterocycles. The van der Waals surface area contributed by atoms with E-state index in [0.717, 1.165) is 64.4 Å². The summed E-state index contributed by atoms with van der Waals surface area (Å²) in [6.45, 7) is 0.490. The average molecular weight is 517 g/mol. The lowest BCUT2D eigenvalue weighted by molar-refractivity contribution is 0.0919. The molecule has 5 aromatic rings. The minimum atomic E-state index is -0.0594. The van der Waals surface area contributed by atoms with Gasteiger partial charge in [-0.2, -0.15) is 0 Å². The number of para-hydroxylation sites is 1. The number of carbonyl (C=O) groups excluding carboxylic acids is 1. The van der Waals surface area contributed by atoms with E-state index in [2.05, 4.69) is 28.1 Å². The summed E-state index contributed by atoms with van der Waals surface area (Å²) in [6.07, 6.45) is 5.58. The molecule has 1 amide bonds. The Balaban J connectivity index is 1.42. The number of ether oxygens (including phenoxy) is 1. The van der Waals surface area contributed by atoms with Gasteiger partial charge in [-0.15, -0.1) is 0 Å². The Labute approximate surface area is 227 Å². The minimum absolute atomic E-state index is 0.00530. The minimum Gasteiger partial charge on any atom is -0.457 e. The molecule has 0 aliphatic heterocycles. The lowest BCUT2D eigenvalue weighted by atomic mass is 9.95. The standard InChI is InChI=1S/C33H32N4O2/c34-32(35)23-18-17-22-19-30(33(38)36-25-10-3-1-4-11-25)37(29(22)20-23)21-24-9-7-15-28-27(24)14-8-16-31(28)39-26-12-5-2-6-13-26/h2,5-9,12-20,25H,1,3-4,10-11,21H2,(H3,34,35)(H,36,38). The van der Waals surface area contributed by atoms with Crippen molar-refractivity contribution in [3.8, 4) is 11.5 Å². The summed E-state index contributed by atoms with van der Waals surface area (Å²) in [5.41, 5.74) is 9.04. The summed E-state index contributed by atoms with van der Waals surface area (Å²) in [5, 5.41) is 14.3. The maximum absolute atomic E-state index is 13.6. The third-order valence-corrected chi connectivity index (χ3v) is 7.66. The van der Waals surface area contributed by atoms with Crippen molar-refractivity contribution in [1.29, 1.82) is 5.41 Å². The summed E-state index contributed by atoms with van der Waals surface area (Å²) in [6, 6.07) is 29.9. The highest BCUT2D eigenvalue weighted by molar-refractivity contribution is 6.02. The zero-order valence-corrected chi connectivity index (χ0v) is 21.8. The number of amides is 1. The van der Waals surface area contributed by atoms with Crippen LogP contribution in [0.3, 0.4) is 0 Å². The van der Waals surface area contributed by atoms with Crippen molar-refractivity contribution in [2.24, 2.45) is 5.73 Å². The fourth-order valence-corrected chi connectivity index (χ4v) is 5.65. The number of fused-ring (bicyclic) bond motifs is 2. The van der Waals surface area contributed by atoms with Crippen molar-refractivity contribution in [2.75, 3.05) is 0 Å². The number of rotatable bonds is 7. The number of carbonyl (C=O) groups is 1. The molecule has 1 aliphatic carbocycles. The van der Waals surface area contributed by atoms with Crippen molar-refractivity contribution >= 4 is 33.4 Å². The van der Waals surface area contributed by atoms with Crippen LogP contribution in [0.4, 0.5) is 0 Å². The molecule has 0 atom stereocenters. The normalized spacial score (nSPS) is 13.9. The Hall–Kier alpha value is -4.58. The highest BCUT2D eigenvalue weighted by atomic mass is 16.5. The number of amidine groups is 1. The molecule has 0 radical (unpaired) electrons. The maximum Gasteiger partial charge on any atom is 0.268 e. The van der Waals surface area contributed by atoms with E-state index in [9.17, 15) is 4.79 Å². The summed E-state index contributed by atoms with van der Waals surface area (Å²) < 4.78 is 8.29. The molecular weight excluding hydrogens is 484 g/mol. The van der Waals surface area contributed by atoms with Crippen LogP contribution in [0.25, 0.3) is 21.7 Å². The third kappa shape index (κ3) is 5.10. The van der Waals surface area contributed by atoms with Gasteiger partial charge < -0.3 is 20.4 Å². The quantitative estimate of drug-likeness (QED) is 0.161. The molecule has 6 rings (SSSR count). The largest absolute Gasteiger partial charge is 0.457 e. The molecule has 4 aromatic carbocycles. The van der Waals surface area contributed by atoms with Gasteiger partial charge in [-0.25, -0.2) is 0 Å². The van der Waals surface area contributed by atoms with E-state index >= 15 is 0 Å². The van der Waals surface area contributed by atoms with Crippen molar-refractivity contribution in [3.05, 3.63) is 108 Å². The molecule has 1 aromatic heterocycles. The van der Waals surface area contributed by atoms with Crippen LogP contribution < -0.4 is 15.8 Å². The fourth-order valence-electron chi connectivity index (χ4n) is 5.65. The second kappa shape index (κ2) is 10.7. The van der Waals surface area contributed by atoms with Crippen molar-refractivity contribution in [1.82, 2.24) is 9.88 Å². The first kappa shape index (κ1) is 24.7. The van der Waals surface area contributed by atoms with Crippen LogP contribution in [0.15, 0.2) is 91.0 Å². The van der Waals surface area contributed by atoms with Gasteiger partial charge in [0.15, 0.2) is 0 Å². The van der Waals surface area contributed by atoms with Crippen molar-refractivity contribution < 1.29 is 9.53 Å². The summed E-state index contributed by atoms with van der Waals surface area (Å²) >= 11 is 0. The number of hydrogen-bond donors (Lipinski definition) is 3. The van der Waals surface area contributed by atoms with E-state index in [0.29, 0.717) is 17.8 Å². The molecule has 0 unspecified atom stereocenters. The molecule has 6 heteroatoms. The van der Waals surface area contributed by atoms with Crippen LogP contribution in [-0.2, 0) is 6.54 Å². The van der Waals surface area contributed by atoms with Gasteiger partial charge in [0.05, 0.1) is 0 Å². The number of nitrogens with two attached hydrogens (primary N) is 1. The van der Waals surface area contributed by atoms with Crippen molar-refractivity contribution in [2.45, 2.75) is 44.7 Å². The Morgan fingerprint density at radius 1 is 0.897 bits per heavy atom. The van der Waals surface area contributed by atoms with Gasteiger partial charge in [-0.1, -0.05) is 79.9 Å². The molecule has 0 spiro atoms. The zero-order valence-electron chi connectivity index (χ0n) is 21.8. The highest BCUT2D eigenvalue weighted by Crippen LogP contribution is 2.33. The molecule has 1 fully saturated rings. The molecule has 0 saturated heterocycles. The molecule has 4 N–H and O–H groups in total. The molecule has 196 valence electrons. The molecule has 0 bridgehead atoms. The first-order valence-corrected chi connectivity index (χ1v) is 13.6. The Morgan fingerprint density at radius 3 is 2.46 bits per heavy atom. The Bertz CT molecular complexity index is 1670.